The fourth-order valence-corrected chi connectivity index (χ4v) is 4.76. The van der Waals surface area contributed by atoms with Crippen LogP contribution in [-0.4, -0.2) is 36.7 Å². The van der Waals surface area contributed by atoms with Crippen molar-refractivity contribution in [2.45, 2.75) is 19.9 Å². The molecule has 3 aromatic heterocycles. The topological polar surface area (TPSA) is 122 Å². The normalized spacial score (nSPS) is 11.2. The molecule has 1 amide bonds. The molecule has 0 saturated heterocycles. The molecular formula is C33H26F2N6O5. The van der Waals surface area contributed by atoms with Gasteiger partial charge in [-0.25, -0.2) is 23.1 Å². The fraction of sp³-hybridized carbons (Fsp3) is 0.121. The summed E-state index contributed by atoms with van der Waals surface area (Å²) in [5.41, 5.74) is -0.0651. The number of nitrogens with zero attached hydrogens (tertiary/aromatic N) is 5. The molecular weight excluding hydrogens is 598 g/mol. The van der Waals surface area contributed by atoms with E-state index in [2.05, 4.69) is 15.4 Å². The van der Waals surface area contributed by atoms with E-state index in [9.17, 15) is 18.8 Å². The summed E-state index contributed by atoms with van der Waals surface area (Å²) in [7, 11) is 1.57. The van der Waals surface area contributed by atoms with E-state index in [0.29, 0.717) is 17.1 Å². The van der Waals surface area contributed by atoms with Gasteiger partial charge in [-0.15, -0.1) is 0 Å². The Hall–Kier alpha value is -6.11. The van der Waals surface area contributed by atoms with Gasteiger partial charge in [0.1, 0.15) is 17.1 Å². The zero-order valence-corrected chi connectivity index (χ0v) is 24.8. The average molecular weight is 625 g/mol. The average Bonchev–Trinajstić information content (AvgIpc) is 3.52. The van der Waals surface area contributed by atoms with Gasteiger partial charge in [0.15, 0.2) is 17.2 Å². The molecule has 3 heterocycles. The highest BCUT2D eigenvalue weighted by atomic mass is 19.1. The number of amides is 1. The third-order valence-electron chi connectivity index (χ3n) is 7.12. The van der Waals surface area contributed by atoms with Gasteiger partial charge < -0.3 is 14.8 Å². The molecule has 0 atom stereocenters. The van der Waals surface area contributed by atoms with Crippen LogP contribution in [-0.2, 0) is 0 Å². The van der Waals surface area contributed by atoms with Crippen LogP contribution in [0.4, 0.5) is 14.5 Å². The number of halogens is 2. The minimum Gasteiger partial charge on any atom is -0.497 e. The molecule has 0 fully saturated rings. The Labute approximate surface area is 259 Å². The van der Waals surface area contributed by atoms with Gasteiger partial charge in [0.2, 0.25) is 5.88 Å². The van der Waals surface area contributed by atoms with E-state index in [1.165, 1.54) is 39.5 Å². The summed E-state index contributed by atoms with van der Waals surface area (Å²) in [6.45, 7) is 3.41. The fourth-order valence-electron chi connectivity index (χ4n) is 4.76. The highest BCUT2D eigenvalue weighted by Crippen LogP contribution is 2.30. The predicted octanol–water partition coefficient (Wildman–Crippen LogP) is 5.62. The SMILES string of the molecule is COc1ccc(-c2cc(Oc3ccc(NC(=O)c4cn(C(C)C)c(=O)n(-c5ccc(F)cc5)c4=O)cc3F)n3nccc3n2)cc1. The van der Waals surface area contributed by atoms with Crippen LogP contribution in [0, 0.1) is 11.6 Å². The van der Waals surface area contributed by atoms with Crippen LogP contribution in [0.3, 0.4) is 0 Å². The van der Waals surface area contributed by atoms with Crippen LogP contribution in [0.15, 0.2) is 101 Å². The van der Waals surface area contributed by atoms with Gasteiger partial charge in [-0.3, -0.25) is 14.2 Å². The van der Waals surface area contributed by atoms with Crippen LogP contribution < -0.4 is 26.0 Å². The molecule has 0 bridgehead atoms. The minimum atomic E-state index is -0.917. The molecule has 0 aliphatic carbocycles. The molecule has 0 spiro atoms. The Balaban J connectivity index is 1.29. The van der Waals surface area contributed by atoms with Crippen molar-refractivity contribution >= 4 is 17.2 Å². The number of ether oxygens (including phenoxy) is 2. The molecule has 0 unspecified atom stereocenters. The summed E-state index contributed by atoms with van der Waals surface area (Å²) in [6.07, 6.45) is 2.69. The lowest BCUT2D eigenvalue weighted by Crippen LogP contribution is -2.42. The van der Waals surface area contributed by atoms with Gasteiger partial charge in [-0.2, -0.15) is 9.61 Å². The van der Waals surface area contributed by atoms with E-state index in [1.54, 1.807) is 45.2 Å². The maximum atomic E-state index is 15.4. The summed E-state index contributed by atoms with van der Waals surface area (Å²) in [5, 5.41) is 6.73. The Kier molecular flexibility index (Phi) is 7.88. The molecule has 0 saturated carbocycles. The third kappa shape index (κ3) is 5.73. The van der Waals surface area contributed by atoms with E-state index in [4.69, 9.17) is 9.47 Å². The number of aromatic nitrogens is 5. The molecule has 1 N–H and O–H groups in total. The number of hydrogen-bond acceptors (Lipinski definition) is 7. The van der Waals surface area contributed by atoms with Gasteiger partial charge in [0, 0.05) is 41.7 Å². The van der Waals surface area contributed by atoms with Crippen molar-refractivity contribution < 1.29 is 23.0 Å². The molecule has 6 aromatic rings. The molecule has 0 aliphatic heterocycles. The Morgan fingerprint density at radius 2 is 1.67 bits per heavy atom. The summed E-state index contributed by atoms with van der Waals surface area (Å²) in [5.74, 6) is -1.53. The van der Waals surface area contributed by atoms with Crippen molar-refractivity contribution in [3.8, 4) is 34.3 Å². The number of methoxy groups -OCH3 is 1. The van der Waals surface area contributed by atoms with Crippen molar-refractivity contribution in [1.82, 2.24) is 23.7 Å². The molecule has 11 nitrogen and oxygen atoms in total. The zero-order valence-electron chi connectivity index (χ0n) is 24.8. The predicted molar refractivity (Wildman–Crippen MR) is 166 cm³/mol. The molecule has 6 rings (SSSR count). The lowest BCUT2D eigenvalue weighted by atomic mass is 10.1. The van der Waals surface area contributed by atoms with Gasteiger partial charge in [-0.05, 0) is 74.5 Å². The first-order valence-electron chi connectivity index (χ1n) is 14.0. The lowest BCUT2D eigenvalue weighted by Gasteiger charge is -2.16. The minimum absolute atomic E-state index is 0.0303. The number of benzene rings is 3. The highest BCUT2D eigenvalue weighted by Gasteiger charge is 2.21. The van der Waals surface area contributed by atoms with Crippen LogP contribution in [0.25, 0.3) is 22.6 Å². The number of fused-ring (bicyclic) bond motifs is 1. The monoisotopic (exact) mass is 624 g/mol. The molecule has 3 aromatic carbocycles. The highest BCUT2D eigenvalue weighted by molar-refractivity contribution is 6.03. The second-order valence-corrected chi connectivity index (χ2v) is 10.5. The first-order valence-corrected chi connectivity index (χ1v) is 14.0. The van der Waals surface area contributed by atoms with E-state index in [0.717, 1.165) is 34.5 Å². The number of carbonyl (C=O) groups is 1. The molecule has 0 radical (unpaired) electrons. The van der Waals surface area contributed by atoms with Gasteiger partial charge in [-0.1, -0.05) is 0 Å². The Morgan fingerprint density at radius 1 is 0.935 bits per heavy atom. The summed E-state index contributed by atoms with van der Waals surface area (Å²) in [6, 6.07) is 18.6. The van der Waals surface area contributed by atoms with Gasteiger partial charge in [0.05, 0.1) is 24.7 Å². The van der Waals surface area contributed by atoms with Gasteiger partial charge >= 0.3 is 5.69 Å². The van der Waals surface area contributed by atoms with Crippen LogP contribution in [0.1, 0.15) is 30.2 Å². The van der Waals surface area contributed by atoms with Gasteiger partial charge in [0.25, 0.3) is 11.5 Å². The smallest absolute Gasteiger partial charge is 0.335 e. The van der Waals surface area contributed by atoms with Crippen LogP contribution in [0.2, 0.25) is 0 Å². The quantitative estimate of drug-likeness (QED) is 0.233. The van der Waals surface area contributed by atoms with Crippen molar-refractivity contribution in [3.63, 3.8) is 0 Å². The van der Waals surface area contributed by atoms with Crippen LogP contribution in [0.5, 0.6) is 17.4 Å². The second kappa shape index (κ2) is 12.1. The van der Waals surface area contributed by atoms with E-state index < -0.39 is 34.8 Å². The number of anilines is 1. The van der Waals surface area contributed by atoms with Crippen molar-refractivity contribution in [2.75, 3.05) is 12.4 Å². The number of rotatable bonds is 8. The standard InChI is InChI=1S/C33H26F2N6O5/c1-19(2)39-18-25(32(43)40(33(39)44)23-9-6-21(34)7-10-23)31(42)37-22-8-13-28(26(35)16-22)46-30-17-27(38-29-14-15-36-41(29)30)20-4-11-24(45-3)12-5-20/h4-19H,1-3H3,(H,37,42). The summed E-state index contributed by atoms with van der Waals surface area (Å²) in [4.78, 5) is 44.3. The van der Waals surface area contributed by atoms with Crippen LogP contribution >= 0.6 is 0 Å². The number of carbonyl (C=O) groups excluding carboxylic acids is 1. The molecule has 0 aliphatic rings. The van der Waals surface area contributed by atoms with Crippen molar-refractivity contribution in [3.05, 3.63) is 129 Å². The number of hydrogen-bond donors (Lipinski definition) is 1. The van der Waals surface area contributed by atoms with Crippen molar-refractivity contribution in [2.24, 2.45) is 0 Å². The van der Waals surface area contributed by atoms with E-state index in [1.807, 2.05) is 12.1 Å². The lowest BCUT2D eigenvalue weighted by molar-refractivity contribution is 0.102. The first kappa shape index (κ1) is 29.9. The summed E-state index contributed by atoms with van der Waals surface area (Å²) < 4.78 is 43.4. The third-order valence-corrected chi connectivity index (χ3v) is 7.12. The maximum Gasteiger partial charge on any atom is 0.335 e. The molecule has 232 valence electrons. The zero-order chi connectivity index (χ0) is 32.5. The summed E-state index contributed by atoms with van der Waals surface area (Å²) >= 11 is 0. The maximum absolute atomic E-state index is 15.4. The molecule has 46 heavy (non-hydrogen) atoms. The van der Waals surface area contributed by atoms with E-state index in [-0.39, 0.29) is 28.6 Å². The second-order valence-electron chi connectivity index (χ2n) is 10.5. The Bertz CT molecular complexity index is 2210. The Morgan fingerprint density at radius 3 is 2.35 bits per heavy atom. The van der Waals surface area contributed by atoms with Crippen molar-refractivity contribution in [1.29, 1.82) is 0 Å². The largest absolute Gasteiger partial charge is 0.497 e. The molecule has 13 heteroatoms. The first-order chi connectivity index (χ1) is 22.1. The number of nitrogens with one attached hydrogen (secondary N) is 1. The van der Waals surface area contributed by atoms with E-state index >= 15 is 4.39 Å².